The summed E-state index contributed by atoms with van der Waals surface area (Å²) in [6.07, 6.45) is 13.2. The van der Waals surface area contributed by atoms with Crippen molar-refractivity contribution in [1.82, 2.24) is 0 Å². The van der Waals surface area contributed by atoms with Crippen molar-refractivity contribution in [3.05, 3.63) is 64.7 Å². The van der Waals surface area contributed by atoms with Gasteiger partial charge >= 0.3 is 0 Å². The first-order chi connectivity index (χ1) is 10.9. The molecule has 2 aromatic carbocycles. The Morgan fingerprint density at radius 2 is 1.77 bits per heavy atom. The standard InChI is InChI=1S/C22H22/c1-3-7-17-15(5-1)9-11-21-19(17)13-14-20-18-8-4-2-6-16(18)10-12-22(20)21/h1,3,5,7,9,11,13-14,16,22H,2,4,6,8,10,12H2. The zero-order valence-corrected chi connectivity index (χ0v) is 13.0. The molecule has 0 heteroatoms. The summed E-state index contributed by atoms with van der Waals surface area (Å²) in [5.74, 6) is 1.56. The average molecular weight is 286 g/mol. The molecule has 0 nitrogen and oxygen atoms in total. The van der Waals surface area contributed by atoms with Crippen molar-refractivity contribution >= 4 is 16.8 Å². The second kappa shape index (κ2) is 4.84. The molecule has 0 amide bonds. The molecule has 0 bridgehead atoms. The van der Waals surface area contributed by atoms with Gasteiger partial charge in [-0.05, 0) is 65.5 Å². The fourth-order valence-corrected chi connectivity index (χ4v) is 5.05. The third-order valence-corrected chi connectivity index (χ3v) is 6.10. The van der Waals surface area contributed by atoms with Crippen molar-refractivity contribution in [2.75, 3.05) is 0 Å². The Labute approximate surface area is 132 Å². The molecule has 2 unspecified atom stereocenters. The SMILES string of the molecule is C1=Cc2c(ccc3ccccc23)C2CCC3CCCCC3=C12. The molecule has 0 heterocycles. The van der Waals surface area contributed by atoms with Crippen LogP contribution in [0.3, 0.4) is 0 Å². The topological polar surface area (TPSA) is 0 Å². The van der Waals surface area contributed by atoms with Crippen molar-refractivity contribution in [3.8, 4) is 0 Å². The fourth-order valence-electron chi connectivity index (χ4n) is 5.05. The first kappa shape index (κ1) is 12.7. The second-order valence-corrected chi connectivity index (χ2v) is 7.18. The summed E-state index contributed by atoms with van der Waals surface area (Å²) in [6.45, 7) is 0. The van der Waals surface area contributed by atoms with Gasteiger partial charge in [0.1, 0.15) is 0 Å². The lowest BCUT2D eigenvalue weighted by atomic mass is 9.66. The van der Waals surface area contributed by atoms with Crippen LogP contribution in [0, 0.1) is 5.92 Å². The van der Waals surface area contributed by atoms with E-state index >= 15 is 0 Å². The quantitative estimate of drug-likeness (QED) is 0.538. The number of allylic oxidation sites excluding steroid dienone is 3. The Balaban J connectivity index is 1.71. The Kier molecular flexibility index (Phi) is 2.80. The van der Waals surface area contributed by atoms with Crippen LogP contribution in [-0.2, 0) is 0 Å². The van der Waals surface area contributed by atoms with Crippen molar-refractivity contribution in [1.29, 1.82) is 0 Å². The molecule has 3 aliphatic carbocycles. The maximum atomic E-state index is 2.46. The summed E-state index contributed by atoms with van der Waals surface area (Å²) in [6, 6.07) is 13.5. The van der Waals surface area contributed by atoms with Crippen LogP contribution >= 0.6 is 0 Å². The van der Waals surface area contributed by atoms with Crippen molar-refractivity contribution < 1.29 is 0 Å². The lowest BCUT2D eigenvalue weighted by molar-refractivity contribution is 0.381. The minimum absolute atomic E-state index is 0.661. The molecule has 2 aromatic rings. The monoisotopic (exact) mass is 286 g/mol. The van der Waals surface area contributed by atoms with E-state index in [-0.39, 0.29) is 0 Å². The van der Waals surface area contributed by atoms with Gasteiger partial charge in [-0.1, -0.05) is 60.5 Å². The molecule has 0 aliphatic heterocycles. The Bertz CT molecular complexity index is 806. The molecule has 22 heavy (non-hydrogen) atoms. The minimum Gasteiger partial charge on any atom is -0.0633 e. The number of hydrogen-bond acceptors (Lipinski definition) is 0. The first-order valence-corrected chi connectivity index (χ1v) is 8.84. The highest BCUT2D eigenvalue weighted by molar-refractivity contribution is 5.93. The van der Waals surface area contributed by atoms with Gasteiger partial charge in [0.05, 0.1) is 0 Å². The van der Waals surface area contributed by atoms with Crippen molar-refractivity contribution in [2.45, 2.75) is 44.4 Å². The van der Waals surface area contributed by atoms with Crippen LogP contribution in [0.4, 0.5) is 0 Å². The van der Waals surface area contributed by atoms with Crippen molar-refractivity contribution in [2.24, 2.45) is 5.92 Å². The Hall–Kier alpha value is -1.82. The molecule has 5 rings (SSSR count). The van der Waals surface area contributed by atoms with Crippen LogP contribution in [0.15, 0.2) is 53.6 Å². The summed E-state index contributed by atoms with van der Waals surface area (Å²) in [4.78, 5) is 0. The Morgan fingerprint density at radius 1 is 0.818 bits per heavy atom. The number of fused-ring (bicyclic) bond motifs is 6. The lowest BCUT2D eigenvalue weighted by Gasteiger charge is -2.38. The summed E-state index contributed by atoms with van der Waals surface area (Å²) in [5.41, 5.74) is 6.53. The van der Waals surface area contributed by atoms with Crippen LogP contribution in [0.2, 0.25) is 0 Å². The molecule has 2 atom stereocenters. The van der Waals surface area contributed by atoms with E-state index in [2.05, 4.69) is 48.6 Å². The molecule has 0 spiro atoms. The van der Waals surface area contributed by atoms with Crippen molar-refractivity contribution in [3.63, 3.8) is 0 Å². The van der Waals surface area contributed by atoms with Gasteiger partial charge in [0, 0.05) is 5.92 Å². The van der Waals surface area contributed by atoms with E-state index in [1.807, 2.05) is 0 Å². The molecule has 1 fully saturated rings. The molecular weight excluding hydrogens is 264 g/mol. The highest BCUT2D eigenvalue weighted by atomic mass is 14.4. The Morgan fingerprint density at radius 3 is 2.77 bits per heavy atom. The van der Waals surface area contributed by atoms with E-state index in [1.54, 1.807) is 16.7 Å². The van der Waals surface area contributed by atoms with E-state index in [4.69, 9.17) is 0 Å². The smallest absolute Gasteiger partial charge is 0.00953 e. The largest absolute Gasteiger partial charge is 0.0633 e. The molecule has 1 saturated carbocycles. The van der Waals surface area contributed by atoms with Crippen LogP contribution < -0.4 is 0 Å². The molecular formula is C22H22. The molecule has 0 aromatic heterocycles. The van der Waals surface area contributed by atoms with Crippen LogP contribution in [0.25, 0.3) is 16.8 Å². The summed E-state index contributed by atoms with van der Waals surface area (Å²) >= 11 is 0. The van der Waals surface area contributed by atoms with E-state index in [0.717, 1.165) is 5.92 Å². The lowest BCUT2D eigenvalue weighted by Crippen LogP contribution is -2.22. The van der Waals surface area contributed by atoms with Gasteiger partial charge < -0.3 is 0 Å². The van der Waals surface area contributed by atoms with E-state index in [1.165, 1.54) is 54.9 Å². The maximum absolute atomic E-state index is 2.46. The summed E-state index contributed by atoms with van der Waals surface area (Å²) < 4.78 is 0. The first-order valence-electron chi connectivity index (χ1n) is 8.84. The van der Waals surface area contributed by atoms with E-state index in [0.29, 0.717) is 5.92 Å². The number of rotatable bonds is 0. The van der Waals surface area contributed by atoms with Gasteiger partial charge in [-0.2, -0.15) is 0 Å². The van der Waals surface area contributed by atoms with Gasteiger partial charge in [-0.15, -0.1) is 0 Å². The fraction of sp³-hybridized carbons (Fsp3) is 0.364. The zero-order valence-electron chi connectivity index (χ0n) is 13.0. The van der Waals surface area contributed by atoms with E-state index < -0.39 is 0 Å². The van der Waals surface area contributed by atoms with Gasteiger partial charge in [-0.3, -0.25) is 0 Å². The third kappa shape index (κ3) is 1.76. The molecule has 0 saturated heterocycles. The highest BCUT2D eigenvalue weighted by Crippen LogP contribution is 2.49. The zero-order chi connectivity index (χ0) is 14.5. The predicted molar refractivity (Wildman–Crippen MR) is 93.9 cm³/mol. The number of hydrogen-bond donors (Lipinski definition) is 0. The normalized spacial score (nSPS) is 26.5. The predicted octanol–water partition coefficient (Wildman–Crippen LogP) is 6.23. The van der Waals surface area contributed by atoms with Crippen LogP contribution in [-0.4, -0.2) is 0 Å². The minimum atomic E-state index is 0.661. The van der Waals surface area contributed by atoms with E-state index in [9.17, 15) is 0 Å². The maximum Gasteiger partial charge on any atom is 0.00953 e. The third-order valence-electron chi connectivity index (χ3n) is 6.10. The second-order valence-electron chi connectivity index (χ2n) is 7.18. The van der Waals surface area contributed by atoms with Gasteiger partial charge in [0.25, 0.3) is 0 Å². The average Bonchev–Trinajstić information content (AvgIpc) is 2.60. The van der Waals surface area contributed by atoms with Gasteiger partial charge in [-0.25, -0.2) is 0 Å². The van der Waals surface area contributed by atoms with Gasteiger partial charge in [0.15, 0.2) is 0 Å². The number of benzene rings is 2. The summed E-state index contributed by atoms with van der Waals surface area (Å²) in [7, 11) is 0. The van der Waals surface area contributed by atoms with Gasteiger partial charge in [0.2, 0.25) is 0 Å². The van der Waals surface area contributed by atoms with Crippen LogP contribution in [0.1, 0.15) is 55.6 Å². The molecule has 110 valence electrons. The molecule has 0 radical (unpaired) electrons. The highest BCUT2D eigenvalue weighted by Gasteiger charge is 2.33. The summed E-state index contributed by atoms with van der Waals surface area (Å²) in [5, 5.41) is 2.79. The molecule has 0 N–H and O–H groups in total. The molecule has 3 aliphatic rings. The van der Waals surface area contributed by atoms with Crippen LogP contribution in [0.5, 0.6) is 0 Å².